The monoisotopic (exact) mass is 526 g/mol. The summed E-state index contributed by atoms with van der Waals surface area (Å²) < 4.78 is 10.7. The fraction of sp³-hybridized carbons (Fsp3) is 0.435. The van der Waals surface area contributed by atoms with Gasteiger partial charge in [-0.05, 0) is 56.3 Å². The molecule has 0 fully saturated rings. The van der Waals surface area contributed by atoms with Gasteiger partial charge >= 0.3 is 0 Å². The molecule has 7 heteroatoms. The van der Waals surface area contributed by atoms with Crippen molar-refractivity contribution < 1.29 is 9.47 Å². The summed E-state index contributed by atoms with van der Waals surface area (Å²) in [7, 11) is 7.46. The molecule has 2 N–H and O–H groups in total. The lowest BCUT2D eigenvalue weighted by Crippen LogP contribution is -2.38. The lowest BCUT2D eigenvalue weighted by atomic mass is 10.1. The van der Waals surface area contributed by atoms with Crippen LogP contribution in [0.4, 0.5) is 0 Å². The summed E-state index contributed by atoms with van der Waals surface area (Å²) in [5, 5.41) is 6.71. The third-order valence-corrected chi connectivity index (χ3v) is 4.44. The van der Waals surface area contributed by atoms with Crippen LogP contribution in [-0.2, 0) is 19.5 Å². The number of methoxy groups -OCH3 is 2. The zero-order valence-corrected chi connectivity index (χ0v) is 21.0. The first-order valence-corrected chi connectivity index (χ1v) is 10.0. The van der Waals surface area contributed by atoms with E-state index in [9.17, 15) is 0 Å². The fourth-order valence-electron chi connectivity index (χ4n) is 2.99. The van der Waals surface area contributed by atoms with Crippen molar-refractivity contribution in [3.63, 3.8) is 0 Å². The molecule has 0 amide bonds. The summed E-state index contributed by atoms with van der Waals surface area (Å²) in [4.78, 5) is 6.87. The highest BCUT2D eigenvalue weighted by Gasteiger charge is 2.05. The maximum Gasteiger partial charge on any atom is 0.191 e. The van der Waals surface area contributed by atoms with E-state index in [1.54, 1.807) is 14.2 Å². The van der Waals surface area contributed by atoms with Gasteiger partial charge in [0.05, 0.1) is 20.8 Å². The maximum atomic E-state index is 5.38. The average Bonchev–Trinajstić information content (AvgIpc) is 2.72. The lowest BCUT2D eigenvalue weighted by molar-refractivity contribution is 0.354. The molecule has 2 aromatic carbocycles. The van der Waals surface area contributed by atoms with Gasteiger partial charge in [0, 0.05) is 19.6 Å². The third kappa shape index (κ3) is 8.79. The van der Waals surface area contributed by atoms with Crippen LogP contribution in [0.2, 0.25) is 0 Å². The van der Waals surface area contributed by atoms with Crippen LogP contribution < -0.4 is 20.1 Å². The normalized spacial score (nSPS) is 11.1. The molecule has 0 spiro atoms. The van der Waals surface area contributed by atoms with Gasteiger partial charge in [-0.25, -0.2) is 4.99 Å². The minimum atomic E-state index is 0. The van der Waals surface area contributed by atoms with E-state index in [0.29, 0.717) is 6.54 Å². The van der Waals surface area contributed by atoms with Crippen LogP contribution in [0.3, 0.4) is 0 Å². The SMILES string of the molecule is CCNC(=NCc1ccc(CN(C)C)cc1)NCCc1ccc(OC)c(OC)c1.I. The Bertz CT molecular complexity index is 779. The quantitative estimate of drug-likeness (QED) is 0.281. The summed E-state index contributed by atoms with van der Waals surface area (Å²) in [6, 6.07) is 14.6. The third-order valence-electron chi connectivity index (χ3n) is 4.44. The number of hydrogen-bond donors (Lipinski definition) is 2. The van der Waals surface area contributed by atoms with Gasteiger partial charge < -0.3 is 25.0 Å². The van der Waals surface area contributed by atoms with E-state index in [1.165, 1.54) is 16.7 Å². The molecule has 0 unspecified atom stereocenters. The Hall–Kier alpha value is -2.00. The van der Waals surface area contributed by atoms with E-state index in [0.717, 1.165) is 43.5 Å². The Kier molecular flexibility index (Phi) is 12.2. The van der Waals surface area contributed by atoms with Crippen molar-refractivity contribution in [1.82, 2.24) is 15.5 Å². The van der Waals surface area contributed by atoms with E-state index in [1.807, 2.05) is 12.1 Å². The van der Waals surface area contributed by atoms with Crippen molar-refractivity contribution in [2.75, 3.05) is 41.4 Å². The van der Waals surface area contributed by atoms with Gasteiger partial charge in [-0.2, -0.15) is 0 Å². The molecule has 0 saturated carbocycles. The zero-order valence-electron chi connectivity index (χ0n) is 18.7. The molecule has 0 radical (unpaired) electrons. The zero-order chi connectivity index (χ0) is 21.1. The highest BCUT2D eigenvalue weighted by molar-refractivity contribution is 14.0. The molecule has 6 nitrogen and oxygen atoms in total. The first-order valence-electron chi connectivity index (χ1n) is 10.0. The molecule has 0 heterocycles. The summed E-state index contributed by atoms with van der Waals surface area (Å²) in [6.45, 7) is 5.27. The Morgan fingerprint density at radius 2 is 1.53 bits per heavy atom. The highest BCUT2D eigenvalue weighted by Crippen LogP contribution is 2.27. The molecule has 0 aliphatic heterocycles. The summed E-state index contributed by atoms with van der Waals surface area (Å²) in [5.41, 5.74) is 3.69. The van der Waals surface area contributed by atoms with Gasteiger partial charge in [0.1, 0.15) is 0 Å². The Balaban J connectivity index is 0.00000450. The molecule has 0 aromatic heterocycles. The molecule has 0 atom stereocenters. The molecule has 0 saturated heterocycles. The van der Waals surface area contributed by atoms with Crippen molar-refractivity contribution in [3.05, 3.63) is 59.2 Å². The average molecular weight is 526 g/mol. The Morgan fingerprint density at radius 1 is 0.900 bits per heavy atom. The van der Waals surface area contributed by atoms with Gasteiger partial charge in [-0.3, -0.25) is 0 Å². The van der Waals surface area contributed by atoms with Crippen LogP contribution >= 0.6 is 24.0 Å². The van der Waals surface area contributed by atoms with Gasteiger partial charge in [0.2, 0.25) is 0 Å². The first kappa shape index (κ1) is 26.0. The number of nitrogens with zero attached hydrogens (tertiary/aromatic N) is 2. The molecule has 0 aliphatic carbocycles. The number of nitrogens with one attached hydrogen (secondary N) is 2. The van der Waals surface area contributed by atoms with Crippen molar-refractivity contribution >= 4 is 29.9 Å². The van der Waals surface area contributed by atoms with Crippen LogP contribution in [0, 0.1) is 0 Å². The number of guanidine groups is 1. The van der Waals surface area contributed by atoms with E-state index < -0.39 is 0 Å². The predicted octanol–water partition coefficient (Wildman–Crippen LogP) is 3.68. The van der Waals surface area contributed by atoms with Crippen molar-refractivity contribution in [1.29, 1.82) is 0 Å². The number of halogens is 1. The number of aliphatic imine (C=N–C) groups is 1. The molecule has 30 heavy (non-hydrogen) atoms. The largest absolute Gasteiger partial charge is 0.493 e. The molecule has 0 bridgehead atoms. The molecular formula is C23H35IN4O2. The molecular weight excluding hydrogens is 491 g/mol. The highest BCUT2D eigenvalue weighted by atomic mass is 127. The van der Waals surface area contributed by atoms with Crippen molar-refractivity contribution in [3.8, 4) is 11.5 Å². The van der Waals surface area contributed by atoms with E-state index in [4.69, 9.17) is 14.5 Å². The van der Waals surface area contributed by atoms with Crippen LogP contribution in [0.25, 0.3) is 0 Å². The van der Waals surface area contributed by atoms with E-state index in [2.05, 4.69) is 66.9 Å². The van der Waals surface area contributed by atoms with Crippen molar-refractivity contribution in [2.24, 2.45) is 4.99 Å². The van der Waals surface area contributed by atoms with Gasteiger partial charge in [-0.15, -0.1) is 24.0 Å². The van der Waals surface area contributed by atoms with Gasteiger partial charge in [0.15, 0.2) is 17.5 Å². The fourth-order valence-corrected chi connectivity index (χ4v) is 2.99. The number of benzene rings is 2. The van der Waals surface area contributed by atoms with Crippen LogP contribution in [0.1, 0.15) is 23.6 Å². The second kappa shape index (κ2) is 14.1. The van der Waals surface area contributed by atoms with Gasteiger partial charge in [0.25, 0.3) is 0 Å². The second-order valence-electron chi connectivity index (χ2n) is 7.12. The maximum absolute atomic E-state index is 5.38. The van der Waals surface area contributed by atoms with Crippen molar-refractivity contribution in [2.45, 2.75) is 26.4 Å². The number of hydrogen-bond acceptors (Lipinski definition) is 4. The number of ether oxygens (including phenoxy) is 2. The lowest BCUT2D eigenvalue weighted by Gasteiger charge is -2.13. The smallest absolute Gasteiger partial charge is 0.191 e. The van der Waals surface area contributed by atoms with Crippen LogP contribution in [0.5, 0.6) is 11.5 Å². The summed E-state index contributed by atoms with van der Waals surface area (Å²) in [6.07, 6.45) is 0.865. The van der Waals surface area contributed by atoms with Crippen LogP contribution in [-0.4, -0.2) is 52.3 Å². The molecule has 2 rings (SSSR count). The number of rotatable bonds is 10. The first-order chi connectivity index (χ1) is 14.0. The summed E-state index contributed by atoms with van der Waals surface area (Å²) in [5.74, 6) is 2.32. The van der Waals surface area contributed by atoms with E-state index >= 15 is 0 Å². The standard InChI is InChI=1S/C23H34N4O2.HI/c1-6-24-23(26-16-19-7-9-20(10-8-19)17-27(2)3)25-14-13-18-11-12-21(28-4)22(15-18)29-5;/h7-12,15H,6,13-14,16-17H2,1-5H3,(H2,24,25,26);1H. The minimum absolute atomic E-state index is 0. The summed E-state index contributed by atoms with van der Waals surface area (Å²) >= 11 is 0. The molecule has 2 aromatic rings. The Morgan fingerprint density at radius 3 is 2.13 bits per heavy atom. The van der Waals surface area contributed by atoms with Gasteiger partial charge in [-0.1, -0.05) is 30.3 Å². The van der Waals surface area contributed by atoms with Crippen LogP contribution in [0.15, 0.2) is 47.5 Å². The molecule has 0 aliphatic rings. The minimum Gasteiger partial charge on any atom is -0.493 e. The topological polar surface area (TPSA) is 58.1 Å². The predicted molar refractivity (Wildman–Crippen MR) is 135 cm³/mol. The second-order valence-corrected chi connectivity index (χ2v) is 7.12. The van der Waals surface area contributed by atoms with E-state index in [-0.39, 0.29) is 24.0 Å². The Labute approximate surface area is 198 Å². The molecule has 166 valence electrons.